The van der Waals surface area contributed by atoms with Gasteiger partial charge in [0.2, 0.25) is 11.8 Å². The largest absolute Gasteiger partial charge is 0.340 e. The topological polar surface area (TPSA) is 78.7 Å². The third-order valence-electron chi connectivity index (χ3n) is 4.28. The van der Waals surface area contributed by atoms with Crippen LogP contribution in [0.5, 0.6) is 0 Å². The van der Waals surface area contributed by atoms with Gasteiger partial charge >= 0.3 is 0 Å². The van der Waals surface area contributed by atoms with Crippen molar-refractivity contribution < 1.29 is 9.59 Å². The van der Waals surface area contributed by atoms with Crippen molar-refractivity contribution in [2.45, 2.75) is 32.2 Å². The number of nitrogens with one attached hydrogen (secondary N) is 1. The summed E-state index contributed by atoms with van der Waals surface area (Å²) in [5.74, 6) is 0.130. The van der Waals surface area contributed by atoms with Gasteiger partial charge in [0.1, 0.15) is 0 Å². The summed E-state index contributed by atoms with van der Waals surface area (Å²) in [5.41, 5.74) is 7.37. The minimum absolute atomic E-state index is 0. The van der Waals surface area contributed by atoms with E-state index >= 15 is 0 Å². The van der Waals surface area contributed by atoms with Crippen molar-refractivity contribution in [2.75, 3.05) is 38.5 Å². The second-order valence-electron chi connectivity index (χ2n) is 6.62. The summed E-state index contributed by atoms with van der Waals surface area (Å²) >= 11 is 0. The average Bonchev–Trinajstić information content (AvgIpc) is 2.55. The van der Waals surface area contributed by atoms with Crippen LogP contribution in [0.15, 0.2) is 24.3 Å². The van der Waals surface area contributed by atoms with Gasteiger partial charge in [0.15, 0.2) is 0 Å². The van der Waals surface area contributed by atoms with E-state index in [1.807, 2.05) is 36.1 Å². The smallest absolute Gasteiger partial charge is 0.227 e. The Morgan fingerprint density at radius 1 is 1.12 bits per heavy atom. The molecule has 8 heteroatoms. The lowest BCUT2D eigenvalue weighted by Gasteiger charge is -2.32. The maximum absolute atomic E-state index is 12.3. The highest BCUT2D eigenvalue weighted by Crippen LogP contribution is 2.12. The standard InChI is InChI=1S/C18H28N4O2.2ClH/c1-14(19)3-8-17(23)20-16-6-4-15(5-7-16)13-18(24)22-11-9-21(2)10-12-22;;/h4-7,14H,3,8-13,19H2,1-2H3,(H,20,23);2*1H. The maximum Gasteiger partial charge on any atom is 0.227 e. The Hall–Kier alpha value is -1.34. The van der Waals surface area contributed by atoms with Crippen molar-refractivity contribution in [1.82, 2.24) is 9.80 Å². The predicted octanol–water partition coefficient (Wildman–Crippen LogP) is 1.91. The lowest BCUT2D eigenvalue weighted by Crippen LogP contribution is -2.47. The highest BCUT2D eigenvalue weighted by molar-refractivity contribution is 5.90. The number of hydrogen-bond acceptors (Lipinski definition) is 4. The molecule has 2 amide bonds. The van der Waals surface area contributed by atoms with E-state index in [4.69, 9.17) is 5.73 Å². The van der Waals surface area contributed by atoms with Crippen molar-refractivity contribution in [3.05, 3.63) is 29.8 Å². The van der Waals surface area contributed by atoms with E-state index in [0.717, 1.165) is 37.4 Å². The first-order valence-electron chi connectivity index (χ1n) is 8.54. The van der Waals surface area contributed by atoms with Gasteiger partial charge in [0, 0.05) is 44.3 Å². The van der Waals surface area contributed by atoms with Crippen LogP contribution >= 0.6 is 24.8 Å². The molecule has 1 fully saturated rings. The molecule has 2 rings (SSSR count). The van der Waals surface area contributed by atoms with Crippen molar-refractivity contribution in [3.8, 4) is 0 Å². The second kappa shape index (κ2) is 12.1. The Balaban J connectivity index is 0.00000312. The van der Waals surface area contributed by atoms with E-state index in [9.17, 15) is 9.59 Å². The molecule has 1 aromatic carbocycles. The van der Waals surface area contributed by atoms with E-state index in [1.54, 1.807) is 0 Å². The Morgan fingerprint density at radius 2 is 1.69 bits per heavy atom. The summed E-state index contributed by atoms with van der Waals surface area (Å²) in [4.78, 5) is 28.2. The molecule has 1 aromatic rings. The van der Waals surface area contributed by atoms with E-state index in [0.29, 0.717) is 19.3 Å². The number of anilines is 1. The fourth-order valence-corrected chi connectivity index (χ4v) is 2.63. The Morgan fingerprint density at radius 3 is 2.23 bits per heavy atom. The third-order valence-corrected chi connectivity index (χ3v) is 4.28. The fourth-order valence-electron chi connectivity index (χ4n) is 2.63. The number of carbonyl (C=O) groups excluding carboxylic acids is 2. The monoisotopic (exact) mass is 404 g/mol. The van der Waals surface area contributed by atoms with Gasteiger partial charge in [-0.05, 0) is 38.1 Å². The van der Waals surface area contributed by atoms with Crippen molar-refractivity contribution in [1.29, 1.82) is 0 Å². The summed E-state index contributed by atoms with van der Waals surface area (Å²) < 4.78 is 0. The molecule has 0 spiro atoms. The number of carbonyl (C=O) groups is 2. The zero-order chi connectivity index (χ0) is 17.5. The number of amides is 2. The number of likely N-dealkylation sites (N-methyl/N-ethyl adjacent to an activating group) is 1. The minimum Gasteiger partial charge on any atom is -0.340 e. The van der Waals surface area contributed by atoms with Crippen LogP contribution in [0.25, 0.3) is 0 Å². The first kappa shape index (κ1) is 24.7. The molecule has 0 aromatic heterocycles. The number of nitrogens with zero attached hydrogens (tertiary/aromatic N) is 2. The van der Waals surface area contributed by atoms with Crippen LogP contribution in [0, 0.1) is 0 Å². The quantitative estimate of drug-likeness (QED) is 0.758. The van der Waals surface area contributed by atoms with Crippen LogP contribution < -0.4 is 11.1 Å². The average molecular weight is 405 g/mol. The fraction of sp³-hybridized carbons (Fsp3) is 0.556. The number of benzene rings is 1. The molecule has 0 radical (unpaired) electrons. The molecule has 1 saturated heterocycles. The van der Waals surface area contributed by atoms with Gasteiger partial charge in [-0.25, -0.2) is 0 Å². The van der Waals surface area contributed by atoms with Gasteiger partial charge < -0.3 is 20.9 Å². The van der Waals surface area contributed by atoms with Crippen LogP contribution in [-0.4, -0.2) is 60.9 Å². The number of nitrogens with two attached hydrogens (primary N) is 1. The van der Waals surface area contributed by atoms with Crippen molar-refractivity contribution in [3.63, 3.8) is 0 Å². The number of hydrogen-bond donors (Lipinski definition) is 2. The van der Waals surface area contributed by atoms with E-state index < -0.39 is 0 Å². The van der Waals surface area contributed by atoms with Crippen LogP contribution in [0.2, 0.25) is 0 Å². The normalized spacial score (nSPS) is 15.4. The molecule has 0 aliphatic carbocycles. The highest BCUT2D eigenvalue weighted by Gasteiger charge is 2.18. The van der Waals surface area contributed by atoms with Crippen LogP contribution in [-0.2, 0) is 16.0 Å². The molecule has 6 nitrogen and oxygen atoms in total. The summed E-state index contributed by atoms with van der Waals surface area (Å²) in [6.45, 7) is 5.34. The molecule has 0 bridgehead atoms. The van der Waals surface area contributed by atoms with Gasteiger partial charge in [-0.2, -0.15) is 0 Å². The zero-order valence-corrected chi connectivity index (χ0v) is 17.1. The van der Waals surface area contributed by atoms with E-state index in [1.165, 1.54) is 0 Å². The van der Waals surface area contributed by atoms with Gasteiger partial charge in [0.25, 0.3) is 0 Å². The SMILES string of the molecule is CC(N)CCC(=O)Nc1ccc(CC(=O)N2CCN(C)CC2)cc1.Cl.Cl. The molecule has 3 N–H and O–H groups in total. The predicted molar refractivity (Wildman–Crippen MR) is 110 cm³/mol. The number of halogens is 2. The molecule has 1 atom stereocenters. The summed E-state index contributed by atoms with van der Waals surface area (Å²) in [5, 5.41) is 2.85. The maximum atomic E-state index is 12.3. The summed E-state index contributed by atoms with van der Waals surface area (Å²) in [6.07, 6.45) is 1.49. The second-order valence-corrected chi connectivity index (χ2v) is 6.62. The molecule has 1 heterocycles. The minimum atomic E-state index is -0.0337. The van der Waals surface area contributed by atoms with E-state index in [2.05, 4.69) is 17.3 Å². The zero-order valence-electron chi connectivity index (χ0n) is 15.4. The molecule has 1 unspecified atom stereocenters. The number of rotatable bonds is 6. The molecular formula is C18H30Cl2N4O2. The lowest BCUT2D eigenvalue weighted by molar-refractivity contribution is -0.132. The Kier molecular flexibility index (Phi) is 11.5. The van der Waals surface area contributed by atoms with Crippen LogP contribution in [0.3, 0.4) is 0 Å². The van der Waals surface area contributed by atoms with E-state index in [-0.39, 0.29) is 42.7 Å². The number of piperazine rings is 1. The third kappa shape index (κ3) is 8.36. The molecule has 1 aliphatic rings. The Labute approximate surface area is 168 Å². The first-order valence-corrected chi connectivity index (χ1v) is 8.54. The van der Waals surface area contributed by atoms with Gasteiger partial charge in [0.05, 0.1) is 6.42 Å². The van der Waals surface area contributed by atoms with Crippen LogP contribution in [0.4, 0.5) is 5.69 Å². The van der Waals surface area contributed by atoms with Crippen molar-refractivity contribution >= 4 is 42.3 Å². The van der Waals surface area contributed by atoms with Gasteiger partial charge in [-0.3, -0.25) is 9.59 Å². The molecule has 0 saturated carbocycles. The molecule has 148 valence electrons. The Bertz CT molecular complexity index is 559. The molecule has 26 heavy (non-hydrogen) atoms. The molecular weight excluding hydrogens is 375 g/mol. The van der Waals surface area contributed by atoms with Crippen LogP contribution in [0.1, 0.15) is 25.3 Å². The van der Waals surface area contributed by atoms with Gasteiger partial charge in [-0.15, -0.1) is 24.8 Å². The first-order chi connectivity index (χ1) is 11.4. The van der Waals surface area contributed by atoms with Crippen molar-refractivity contribution in [2.24, 2.45) is 5.73 Å². The summed E-state index contributed by atoms with van der Waals surface area (Å²) in [6, 6.07) is 7.51. The lowest BCUT2D eigenvalue weighted by atomic mass is 10.1. The highest BCUT2D eigenvalue weighted by atomic mass is 35.5. The summed E-state index contributed by atoms with van der Waals surface area (Å²) in [7, 11) is 2.07. The molecule has 1 aliphatic heterocycles. The van der Waals surface area contributed by atoms with Gasteiger partial charge in [-0.1, -0.05) is 12.1 Å².